The van der Waals surface area contributed by atoms with Gasteiger partial charge in [0.2, 0.25) is 0 Å². The Kier molecular flexibility index (Phi) is 7.04. The summed E-state index contributed by atoms with van der Waals surface area (Å²) in [7, 11) is 0. The van der Waals surface area contributed by atoms with E-state index in [0.29, 0.717) is 30.5 Å². The summed E-state index contributed by atoms with van der Waals surface area (Å²) in [5.41, 5.74) is -0.170. The molecule has 0 spiro atoms. The maximum Gasteiger partial charge on any atom is 0.416 e. The van der Waals surface area contributed by atoms with Crippen LogP contribution in [0.15, 0.2) is 67.1 Å². The Labute approximate surface area is 162 Å². The Morgan fingerprint density at radius 3 is 2.11 bits per heavy atom. The number of benzene rings is 2. The number of halogens is 3. The van der Waals surface area contributed by atoms with Crippen LogP contribution in [-0.2, 0) is 11.0 Å². The molecule has 0 aliphatic rings. The lowest BCUT2D eigenvalue weighted by Crippen LogP contribution is -2.18. The van der Waals surface area contributed by atoms with Crippen molar-refractivity contribution in [1.82, 2.24) is 4.90 Å². The number of ketones is 1. The number of carbonyl (C=O) groups is 1. The Balaban J connectivity index is 2.53. The lowest BCUT2D eigenvalue weighted by Gasteiger charge is -2.19. The minimum atomic E-state index is -4.54. The molecule has 28 heavy (non-hydrogen) atoms. The number of hydrogen-bond acceptors (Lipinski definition) is 3. The molecular weight excluding hydrogens is 367 g/mol. The van der Waals surface area contributed by atoms with Crippen LogP contribution in [-0.4, -0.2) is 28.9 Å². The van der Waals surface area contributed by atoms with Crippen LogP contribution in [0.3, 0.4) is 0 Å². The van der Waals surface area contributed by atoms with Gasteiger partial charge in [0.25, 0.3) is 0 Å². The largest absolute Gasteiger partial charge is 0.515 e. The molecular formula is C22H22F3NO2. The van der Waals surface area contributed by atoms with Gasteiger partial charge >= 0.3 is 6.18 Å². The fraction of sp³-hybridized carbons (Fsp3) is 0.227. The molecule has 0 aliphatic carbocycles. The highest BCUT2D eigenvalue weighted by atomic mass is 19.4. The summed E-state index contributed by atoms with van der Waals surface area (Å²) in [6.07, 6.45) is -2.30. The Bertz CT molecular complexity index is 867. The number of hydrogen-bond donors (Lipinski definition) is 1. The predicted octanol–water partition coefficient (Wildman–Crippen LogP) is 5.56. The summed E-state index contributed by atoms with van der Waals surface area (Å²) in [5.74, 6) is -0.556. The van der Waals surface area contributed by atoms with E-state index in [2.05, 4.69) is 0 Å². The van der Waals surface area contributed by atoms with Crippen LogP contribution in [0.2, 0.25) is 0 Å². The van der Waals surface area contributed by atoms with Crippen molar-refractivity contribution in [2.45, 2.75) is 20.0 Å². The molecule has 2 aromatic rings. The van der Waals surface area contributed by atoms with Gasteiger partial charge in [-0.05, 0) is 37.1 Å². The third-order valence-electron chi connectivity index (χ3n) is 4.33. The quantitative estimate of drug-likeness (QED) is 0.498. The monoisotopic (exact) mass is 389 g/mol. The Morgan fingerprint density at radius 1 is 0.964 bits per heavy atom. The van der Waals surface area contributed by atoms with Crippen LogP contribution >= 0.6 is 0 Å². The molecule has 2 aromatic carbocycles. The number of carbonyl (C=O) groups excluding carboxylic acids is 1. The zero-order chi connectivity index (χ0) is 20.7. The number of Topliss-reactive ketones (excluding diaryl/α,β-unsaturated/α-hetero) is 1. The molecule has 0 fully saturated rings. The highest BCUT2D eigenvalue weighted by molar-refractivity contribution is 6.42. The number of nitrogens with zero attached hydrogens (tertiary/aromatic N) is 1. The molecule has 0 unspecified atom stereocenters. The molecule has 1 N–H and O–H groups in total. The lowest BCUT2D eigenvalue weighted by molar-refractivity contribution is -0.137. The van der Waals surface area contributed by atoms with Crippen LogP contribution in [0.1, 0.15) is 30.5 Å². The molecule has 0 aromatic heterocycles. The highest BCUT2D eigenvalue weighted by Crippen LogP contribution is 2.32. The molecule has 0 heterocycles. The van der Waals surface area contributed by atoms with Gasteiger partial charge in [-0.15, -0.1) is 0 Å². The smallest absolute Gasteiger partial charge is 0.416 e. The number of rotatable bonds is 7. The van der Waals surface area contributed by atoms with Crippen molar-refractivity contribution in [3.63, 3.8) is 0 Å². The average molecular weight is 389 g/mol. The van der Waals surface area contributed by atoms with Crippen LogP contribution < -0.4 is 0 Å². The van der Waals surface area contributed by atoms with Crippen LogP contribution in [0.25, 0.3) is 11.1 Å². The molecule has 0 saturated carbocycles. The fourth-order valence-corrected chi connectivity index (χ4v) is 2.74. The first-order chi connectivity index (χ1) is 13.3. The minimum absolute atomic E-state index is 0.00343. The zero-order valence-electron chi connectivity index (χ0n) is 15.7. The van der Waals surface area contributed by atoms with Crippen LogP contribution in [0, 0.1) is 0 Å². The molecule has 148 valence electrons. The van der Waals surface area contributed by atoms with Crippen molar-refractivity contribution in [1.29, 1.82) is 0 Å². The standard InChI is InChI=1S/C22H22F3NO2/c1-3-26(4-2)14-19(16-9-6-5-7-10-16)21(28)20(15-27)17-11-8-12-18(13-17)22(23,24)25/h5-15,27H,3-4H2,1-2H3. The molecule has 0 aliphatic heterocycles. The van der Waals surface area contributed by atoms with E-state index >= 15 is 0 Å². The second-order valence-electron chi connectivity index (χ2n) is 6.08. The first kappa shape index (κ1) is 21.3. The van der Waals surface area contributed by atoms with Gasteiger partial charge in [-0.25, -0.2) is 0 Å². The summed E-state index contributed by atoms with van der Waals surface area (Å²) in [5, 5.41) is 9.68. The van der Waals surface area contributed by atoms with E-state index in [4.69, 9.17) is 0 Å². The minimum Gasteiger partial charge on any atom is -0.515 e. The van der Waals surface area contributed by atoms with Gasteiger partial charge < -0.3 is 10.0 Å². The van der Waals surface area contributed by atoms with Gasteiger partial charge in [0.1, 0.15) is 0 Å². The van der Waals surface area contributed by atoms with E-state index in [1.165, 1.54) is 12.1 Å². The summed E-state index contributed by atoms with van der Waals surface area (Å²) < 4.78 is 39.1. The molecule has 0 bridgehead atoms. The van der Waals surface area contributed by atoms with Gasteiger partial charge in [-0.1, -0.05) is 42.5 Å². The Morgan fingerprint density at radius 2 is 1.57 bits per heavy atom. The fourth-order valence-electron chi connectivity index (χ4n) is 2.74. The maximum atomic E-state index is 13.2. The van der Waals surface area contributed by atoms with Gasteiger partial charge in [0.05, 0.1) is 17.4 Å². The van der Waals surface area contributed by atoms with Crippen LogP contribution in [0.4, 0.5) is 13.2 Å². The maximum absolute atomic E-state index is 13.2. The van der Waals surface area contributed by atoms with Crippen molar-refractivity contribution >= 4 is 16.9 Å². The van der Waals surface area contributed by atoms with Gasteiger partial charge in [-0.2, -0.15) is 13.2 Å². The summed E-state index contributed by atoms with van der Waals surface area (Å²) in [4.78, 5) is 15.1. The number of allylic oxidation sites excluding steroid dienone is 2. The van der Waals surface area contributed by atoms with Crippen molar-refractivity contribution < 1.29 is 23.1 Å². The van der Waals surface area contributed by atoms with Gasteiger partial charge in [-0.3, -0.25) is 4.79 Å². The highest BCUT2D eigenvalue weighted by Gasteiger charge is 2.31. The molecule has 0 saturated heterocycles. The zero-order valence-corrected chi connectivity index (χ0v) is 15.7. The molecule has 3 nitrogen and oxygen atoms in total. The first-order valence-corrected chi connectivity index (χ1v) is 8.89. The molecule has 0 atom stereocenters. The average Bonchev–Trinajstić information content (AvgIpc) is 2.69. The topological polar surface area (TPSA) is 40.5 Å². The molecule has 2 rings (SSSR count). The molecule has 0 radical (unpaired) electrons. The van der Waals surface area contributed by atoms with Crippen LogP contribution in [0.5, 0.6) is 0 Å². The first-order valence-electron chi connectivity index (χ1n) is 8.89. The van der Waals surface area contributed by atoms with Crippen molar-refractivity contribution in [2.75, 3.05) is 13.1 Å². The summed E-state index contributed by atoms with van der Waals surface area (Å²) >= 11 is 0. The van der Waals surface area contributed by atoms with E-state index in [1.54, 1.807) is 36.5 Å². The SMILES string of the molecule is CCN(C=C(C(=O)C(=CO)c1cccc(C(F)(F)F)c1)c1ccccc1)CC. The molecule has 6 heteroatoms. The van der Waals surface area contributed by atoms with E-state index in [-0.39, 0.29) is 11.1 Å². The van der Waals surface area contributed by atoms with Gasteiger partial charge in [0.15, 0.2) is 5.78 Å². The number of aliphatic hydroxyl groups excluding tert-OH is 1. The number of alkyl halides is 3. The third kappa shape index (κ3) is 5.03. The van der Waals surface area contributed by atoms with Gasteiger partial charge in [0, 0.05) is 24.9 Å². The van der Waals surface area contributed by atoms with Crippen molar-refractivity contribution in [2.24, 2.45) is 0 Å². The van der Waals surface area contributed by atoms with Crippen molar-refractivity contribution in [3.05, 3.63) is 83.7 Å². The van der Waals surface area contributed by atoms with E-state index in [1.807, 2.05) is 18.7 Å². The second-order valence-corrected chi connectivity index (χ2v) is 6.08. The summed E-state index contributed by atoms with van der Waals surface area (Å²) in [6.45, 7) is 5.18. The van der Waals surface area contributed by atoms with E-state index in [0.717, 1.165) is 12.1 Å². The second kappa shape index (κ2) is 9.26. The predicted molar refractivity (Wildman–Crippen MR) is 104 cm³/mol. The van der Waals surface area contributed by atoms with Crippen molar-refractivity contribution in [3.8, 4) is 0 Å². The van der Waals surface area contributed by atoms with E-state index < -0.39 is 17.5 Å². The Hall–Kier alpha value is -3.02. The number of aliphatic hydroxyl groups is 1. The molecule has 0 amide bonds. The van der Waals surface area contributed by atoms with E-state index in [9.17, 15) is 23.1 Å². The summed E-state index contributed by atoms with van der Waals surface area (Å²) in [6, 6.07) is 13.2. The normalized spacial score (nSPS) is 12.8. The third-order valence-corrected chi connectivity index (χ3v) is 4.33. The lowest BCUT2D eigenvalue weighted by atomic mass is 9.93.